The molecule has 0 fully saturated rings. The lowest BCUT2D eigenvalue weighted by molar-refractivity contribution is 0.170. The van der Waals surface area contributed by atoms with Gasteiger partial charge in [-0.2, -0.15) is 0 Å². The molecule has 2 N–H and O–H groups in total. The van der Waals surface area contributed by atoms with Crippen LogP contribution in [0.1, 0.15) is 35.8 Å². The Hall–Kier alpha value is -1.98. The minimum atomic E-state index is -0.963. The number of aliphatic hydroxyl groups is 1. The highest BCUT2D eigenvalue weighted by molar-refractivity contribution is 5.38. The Labute approximate surface area is 134 Å². The zero-order valence-electron chi connectivity index (χ0n) is 13.4. The molecule has 0 aromatic heterocycles. The second-order valence-corrected chi connectivity index (χ2v) is 5.56. The highest BCUT2D eigenvalue weighted by Gasteiger charge is 2.15. The van der Waals surface area contributed by atoms with Crippen molar-refractivity contribution in [1.29, 1.82) is 0 Å². The second kappa shape index (κ2) is 7.53. The molecule has 0 amide bonds. The minimum Gasteiger partial charge on any atom is -0.496 e. The lowest BCUT2D eigenvalue weighted by Gasteiger charge is -2.20. The maximum absolute atomic E-state index is 13.2. The van der Waals surface area contributed by atoms with Gasteiger partial charge in [0.25, 0.3) is 0 Å². The number of ether oxygens (including phenoxy) is 1. The molecule has 2 rings (SSSR count). The van der Waals surface area contributed by atoms with Gasteiger partial charge in [0.15, 0.2) is 11.6 Å². The summed E-state index contributed by atoms with van der Waals surface area (Å²) in [5.41, 5.74) is 2.42. The molecular formula is C18H21F2NO2. The van der Waals surface area contributed by atoms with Crippen molar-refractivity contribution in [2.45, 2.75) is 26.0 Å². The molecule has 2 aromatic rings. The smallest absolute Gasteiger partial charge is 0.159 e. The molecular weight excluding hydrogens is 300 g/mol. The molecule has 5 heteroatoms. The van der Waals surface area contributed by atoms with Crippen LogP contribution in [0, 0.1) is 18.6 Å². The second-order valence-electron chi connectivity index (χ2n) is 5.56. The van der Waals surface area contributed by atoms with Crippen molar-refractivity contribution in [3.63, 3.8) is 0 Å². The number of benzene rings is 2. The maximum atomic E-state index is 13.2. The lowest BCUT2D eigenvalue weighted by Crippen LogP contribution is -2.25. The summed E-state index contributed by atoms with van der Waals surface area (Å²) >= 11 is 0. The number of hydrogen-bond acceptors (Lipinski definition) is 3. The number of aliphatic hydroxyl groups excluding tert-OH is 1. The number of halogens is 2. The Morgan fingerprint density at radius 2 is 1.87 bits per heavy atom. The van der Waals surface area contributed by atoms with Crippen LogP contribution >= 0.6 is 0 Å². The molecule has 124 valence electrons. The number of methoxy groups -OCH3 is 1. The standard InChI is InChI=1S/C18H21F2NO2/c1-11-4-7-18(23-3)14(8-11)12(2)21-10-17(22)13-5-6-15(19)16(20)9-13/h4-9,12,17,21-22H,10H2,1-3H3. The van der Waals surface area contributed by atoms with E-state index in [1.54, 1.807) is 7.11 Å². The summed E-state index contributed by atoms with van der Waals surface area (Å²) in [4.78, 5) is 0. The molecule has 0 aliphatic rings. The predicted octanol–water partition coefficient (Wildman–Crippen LogP) is 3.67. The summed E-state index contributed by atoms with van der Waals surface area (Å²) in [5.74, 6) is -1.13. The largest absolute Gasteiger partial charge is 0.496 e. The van der Waals surface area contributed by atoms with E-state index in [1.165, 1.54) is 6.07 Å². The van der Waals surface area contributed by atoms with E-state index in [1.807, 2.05) is 32.0 Å². The third-order valence-corrected chi connectivity index (χ3v) is 3.80. The predicted molar refractivity (Wildman–Crippen MR) is 85.5 cm³/mol. The average molecular weight is 321 g/mol. The van der Waals surface area contributed by atoms with Gasteiger partial charge in [-0.15, -0.1) is 0 Å². The van der Waals surface area contributed by atoms with Crippen molar-refractivity contribution >= 4 is 0 Å². The summed E-state index contributed by atoms with van der Waals surface area (Å²) in [5, 5.41) is 13.3. The summed E-state index contributed by atoms with van der Waals surface area (Å²) in [6, 6.07) is 9.22. The highest BCUT2D eigenvalue weighted by Crippen LogP contribution is 2.26. The van der Waals surface area contributed by atoms with E-state index < -0.39 is 17.7 Å². The van der Waals surface area contributed by atoms with Crippen LogP contribution in [-0.4, -0.2) is 18.8 Å². The van der Waals surface area contributed by atoms with Crippen molar-refractivity contribution in [2.24, 2.45) is 0 Å². The Morgan fingerprint density at radius 3 is 2.52 bits per heavy atom. The van der Waals surface area contributed by atoms with Crippen LogP contribution in [0.2, 0.25) is 0 Å². The normalized spacial score (nSPS) is 13.7. The molecule has 0 aliphatic carbocycles. The van der Waals surface area contributed by atoms with E-state index in [2.05, 4.69) is 5.32 Å². The van der Waals surface area contributed by atoms with E-state index in [0.29, 0.717) is 5.56 Å². The van der Waals surface area contributed by atoms with Gasteiger partial charge in [-0.3, -0.25) is 0 Å². The molecule has 2 atom stereocenters. The van der Waals surface area contributed by atoms with Gasteiger partial charge in [-0.1, -0.05) is 23.8 Å². The van der Waals surface area contributed by atoms with E-state index in [4.69, 9.17) is 4.74 Å². The molecule has 2 unspecified atom stereocenters. The van der Waals surface area contributed by atoms with Crippen LogP contribution in [0.25, 0.3) is 0 Å². The molecule has 0 saturated carbocycles. The van der Waals surface area contributed by atoms with Crippen molar-refractivity contribution in [2.75, 3.05) is 13.7 Å². The van der Waals surface area contributed by atoms with Crippen LogP contribution in [-0.2, 0) is 0 Å². The SMILES string of the molecule is COc1ccc(C)cc1C(C)NCC(O)c1ccc(F)c(F)c1. The van der Waals surface area contributed by atoms with Crippen LogP contribution in [0.4, 0.5) is 8.78 Å². The van der Waals surface area contributed by atoms with Crippen molar-refractivity contribution in [3.05, 3.63) is 64.7 Å². The van der Waals surface area contributed by atoms with E-state index in [-0.39, 0.29) is 12.6 Å². The Kier molecular flexibility index (Phi) is 5.69. The number of hydrogen-bond donors (Lipinski definition) is 2. The van der Waals surface area contributed by atoms with Crippen molar-refractivity contribution in [3.8, 4) is 5.75 Å². The molecule has 0 saturated heterocycles. The molecule has 0 radical (unpaired) electrons. The van der Waals surface area contributed by atoms with Crippen LogP contribution < -0.4 is 10.1 Å². The van der Waals surface area contributed by atoms with Crippen LogP contribution in [0.3, 0.4) is 0 Å². The monoisotopic (exact) mass is 321 g/mol. The molecule has 2 aromatic carbocycles. The number of rotatable bonds is 6. The van der Waals surface area contributed by atoms with Gasteiger partial charge >= 0.3 is 0 Å². The summed E-state index contributed by atoms with van der Waals surface area (Å²) in [6.07, 6.45) is -0.927. The van der Waals surface area contributed by atoms with Crippen LogP contribution in [0.5, 0.6) is 5.75 Å². The van der Waals surface area contributed by atoms with Crippen LogP contribution in [0.15, 0.2) is 36.4 Å². The fourth-order valence-electron chi connectivity index (χ4n) is 2.43. The van der Waals surface area contributed by atoms with Gasteiger partial charge < -0.3 is 15.2 Å². The number of aryl methyl sites for hydroxylation is 1. The first kappa shape index (κ1) is 17.4. The number of nitrogens with one attached hydrogen (secondary N) is 1. The maximum Gasteiger partial charge on any atom is 0.159 e. The van der Waals surface area contributed by atoms with E-state index in [0.717, 1.165) is 29.0 Å². The zero-order valence-corrected chi connectivity index (χ0v) is 13.4. The topological polar surface area (TPSA) is 41.5 Å². The Bertz CT molecular complexity index is 676. The lowest BCUT2D eigenvalue weighted by atomic mass is 10.0. The molecule has 0 spiro atoms. The van der Waals surface area contributed by atoms with Crippen molar-refractivity contribution in [1.82, 2.24) is 5.32 Å². The molecule has 0 bridgehead atoms. The third-order valence-electron chi connectivity index (χ3n) is 3.80. The van der Waals surface area contributed by atoms with Gasteiger partial charge in [-0.05, 0) is 37.6 Å². The summed E-state index contributed by atoms with van der Waals surface area (Å²) < 4.78 is 31.5. The fraction of sp³-hybridized carbons (Fsp3) is 0.333. The molecule has 23 heavy (non-hydrogen) atoms. The first-order valence-corrected chi connectivity index (χ1v) is 7.43. The van der Waals surface area contributed by atoms with Gasteiger partial charge in [0.1, 0.15) is 5.75 Å². The van der Waals surface area contributed by atoms with E-state index in [9.17, 15) is 13.9 Å². The Balaban J connectivity index is 2.05. The first-order chi connectivity index (χ1) is 10.9. The first-order valence-electron chi connectivity index (χ1n) is 7.43. The van der Waals surface area contributed by atoms with Gasteiger partial charge in [0, 0.05) is 18.2 Å². The van der Waals surface area contributed by atoms with E-state index >= 15 is 0 Å². The van der Waals surface area contributed by atoms with Crippen molar-refractivity contribution < 1.29 is 18.6 Å². The quantitative estimate of drug-likeness (QED) is 0.853. The summed E-state index contributed by atoms with van der Waals surface area (Å²) in [7, 11) is 1.61. The minimum absolute atomic E-state index is 0.0650. The summed E-state index contributed by atoms with van der Waals surface area (Å²) in [6.45, 7) is 4.16. The molecule has 0 aliphatic heterocycles. The van der Waals surface area contributed by atoms with Gasteiger partial charge in [-0.25, -0.2) is 8.78 Å². The Morgan fingerprint density at radius 1 is 1.13 bits per heavy atom. The van der Waals surface area contributed by atoms with Gasteiger partial charge in [0.05, 0.1) is 13.2 Å². The molecule has 3 nitrogen and oxygen atoms in total. The average Bonchev–Trinajstić information content (AvgIpc) is 2.54. The molecule has 0 heterocycles. The fourth-order valence-corrected chi connectivity index (χ4v) is 2.43. The highest BCUT2D eigenvalue weighted by atomic mass is 19.2. The van der Waals surface area contributed by atoms with Gasteiger partial charge in [0.2, 0.25) is 0 Å². The zero-order chi connectivity index (χ0) is 17.0. The third kappa shape index (κ3) is 4.27.